The topological polar surface area (TPSA) is 52.0 Å². The second-order valence-corrected chi connectivity index (χ2v) is 3.62. The van der Waals surface area contributed by atoms with Crippen LogP contribution >= 0.6 is 0 Å². The van der Waals surface area contributed by atoms with Crippen molar-refractivity contribution in [2.24, 2.45) is 17.4 Å². The third-order valence-corrected chi connectivity index (χ3v) is 2.58. The summed E-state index contributed by atoms with van der Waals surface area (Å²) >= 11 is 0. The normalized spacial score (nSPS) is 25.7. The van der Waals surface area contributed by atoms with E-state index in [2.05, 4.69) is 12.2 Å². The molecule has 0 radical (unpaired) electrons. The fraction of sp³-hybridized carbons (Fsp3) is 0.800. The lowest BCUT2D eigenvalue weighted by atomic mass is 9.87. The van der Waals surface area contributed by atoms with Crippen LogP contribution in [0.2, 0.25) is 0 Å². The molecule has 0 aliphatic heterocycles. The Kier molecular flexibility index (Phi) is 4.33. The van der Waals surface area contributed by atoms with Gasteiger partial charge in [0.2, 0.25) is 0 Å². The second kappa shape index (κ2) is 5.33. The van der Waals surface area contributed by atoms with Gasteiger partial charge in [0.1, 0.15) is 0 Å². The minimum atomic E-state index is 0.338. The fourth-order valence-electron chi connectivity index (χ4n) is 1.76. The van der Waals surface area contributed by atoms with Gasteiger partial charge in [0.05, 0.1) is 0 Å². The summed E-state index contributed by atoms with van der Waals surface area (Å²) in [5.74, 6) is 0.616. The first-order valence-corrected chi connectivity index (χ1v) is 4.97. The predicted octanol–water partition coefficient (Wildman–Crippen LogP) is 1.41. The second-order valence-electron chi connectivity index (χ2n) is 3.62. The van der Waals surface area contributed by atoms with Crippen LogP contribution in [0, 0.1) is 5.92 Å². The van der Waals surface area contributed by atoms with Gasteiger partial charge < -0.3 is 11.5 Å². The maximum Gasteiger partial charge on any atom is 0.0102 e. The highest BCUT2D eigenvalue weighted by Gasteiger charge is 2.15. The third kappa shape index (κ3) is 2.95. The van der Waals surface area contributed by atoms with Crippen LogP contribution in [0.1, 0.15) is 32.1 Å². The van der Waals surface area contributed by atoms with Gasteiger partial charge in [-0.15, -0.1) is 0 Å². The molecule has 0 saturated carbocycles. The van der Waals surface area contributed by atoms with Crippen LogP contribution in [0.4, 0.5) is 0 Å². The monoisotopic (exact) mass is 168 g/mol. The molecular weight excluding hydrogens is 148 g/mol. The predicted molar refractivity (Wildman–Crippen MR) is 52.7 cm³/mol. The molecule has 12 heavy (non-hydrogen) atoms. The van der Waals surface area contributed by atoms with Crippen LogP contribution in [-0.2, 0) is 0 Å². The van der Waals surface area contributed by atoms with Crippen molar-refractivity contribution in [2.75, 3.05) is 6.54 Å². The molecule has 1 aliphatic rings. The highest BCUT2D eigenvalue weighted by Crippen LogP contribution is 2.21. The van der Waals surface area contributed by atoms with Crippen molar-refractivity contribution in [1.82, 2.24) is 0 Å². The molecule has 2 heteroatoms. The molecule has 0 spiro atoms. The molecule has 1 rings (SSSR count). The summed E-state index contributed by atoms with van der Waals surface area (Å²) in [6.45, 7) is 0.768. The Morgan fingerprint density at radius 2 is 2.33 bits per heavy atom. The highest BCUT2D eigenvalue weighted by molar-refractivity contribution is 4.97. The van der Waals surface area contributed by atoms with E-state index in [9.17, 15) is 0 Å². The minimum absolute atomic E-state index is 0.338. The van der Waals surface area contributed by atoms with Gasteiger partial charge in [0.25, 0.3) is 0 Å². The van der Waals surface area contributed by atoms with Gasteiger partial charge in [0, 0.05) is 6.04 Å². The first-order chi connectivity index (χ1) is 5.84. The molecule has 0 fully saturated rings. The molecule has 4 N–H and O–H groups in total. The molecule has 70 valence electrons. The van der Waals surface area contributed by atoms with Crippen molar-refractivity contribution in [3.8, 4) is 0 Å². The summed E-state index contributed by atoms with van der Waals surface area (Å²) in [6, 6.07) is 0.338. The Bertz CT molecular complexity index is 143. The zero-order chi connectivity index (χ0) is 8.81. The largest absolute Gasteiger partial charge is 0.330 e. The van der Waals surface area contributed by atoms with Gasteiger partial charge >= 0.3 is 0 Å². The highest BCUT2D eigenvalue weighted by atomic mass is 14.6. The molecular formula is C10H20N2. The van der Waals surface area contributed by atoms with Crippen molar-refractivity contribution in [1.29, 1.82) is 0 Å². The summed E-state index contributed by atoms with van der Waals surface area (Å²) in [4.78, 5) is 0. The number of allylic oxidation sites excluding steroid dienone is 1. The van der Waals surface area contributed by atoms with Crippen LogP contribution in [0.25, 0.3) is 0 Å². The number of nitrogens with two attached hydrogens (primary N) is 2. The maximum absolute atomic E-state index is 6.03. The minimum Gasteiger partial charge on any atom is -0.330 e. The molecule has 0 aromatic rings. The summed E-state index contributed by atoms with van der Waals surface area (Å²) < 4.78 is 0. The Labute approximate surface area is 75.0 Å². The quantitative estimate of drug-likeness (QED) is 0.624. The van der Waals surface area contributed by atoms with E-state index in [1.54, 1.807) is 0 Å². The maximum atomic E-state index is 6.03. The lowest BCUT2D eigenvalue weighted by Gasteiger charge is -2.22. The summed E-state index contributed by atoms with van der Waals surface area (Å²) in [7, 11) is 0. The van der Waals surface area contributed by atoms with Crippen molar-refractivity contribution < 1.29 is 0 Å². The van der Waals surface area contributed by atoms with Crippen molar-refractivity contribution in [3.63, 3.8) is 0 Å². The number of hydrogen-bond donors (Lipinski definition) is 2. The van der Waals surface area contributed by atoms with Gasteiger partial charge in [-0.25, -0.2) is 0 Å². The SMILES string of the molecule is NCCCC(N)C1C=CCCC1. The molecule has 0 saturated heterocycles. The third-order valence-electron chi connectivity index (χ3n) is 2.58. The molecule has 0 aromatic heterocycles. The van der Waals surface area contributed by atoms with E-state index in [0.717, 1.165) is 19.4 Å². The zero-order valence-electron chi connectivity index (χ0n) is 7.71. The first kappa shape index (κ1) is 9.75. The molecule has 0 heterocycles. The summed E-state index contributed by atoms with van der Waals surface area (Å²) in [5, 5.41) is 0. The molecule has 2 nitrogen and oxygen atoms in total. The average molecular weight is 168 g/mol. The van der Waals surface area contributed by atoms with E-state index in [-0.39, 0.29) is 0 Å². The van der Waals surface area contributed by atoms with Gasteiger partial charge in [-0.1, -0.05) is 12.2 Å². The van der Waals surface area contributed by atoms with E-state index in [4.69, 9.17) is 11.5 Å². The van der Waals surface area contributed by atoms with E-state index >= 15 is 0 Å². The molecule has 0 bridgehead atoms. The smallest absolute Gasteiger partial charge is 0.0102 e. The van der Waals surface area contributed by atoms with Gasteiger partial charge in [-0.2, -0.15) is 0 Å². The van der Waals surface area contributed by atoms with E-state index in [0.29, 0.717) is 12.0 Å². The average Bonchev–Trinajstić information content (AvgIpc) is 2.15. The lowest BCUT2D eigenvalue weighted by molar-refractivity contribution is 0.417. The fourth-order valence-corrected chi connectivity index (χ4v) is 1.76. The molecule has 1 aliphatic carbocycles. The van der Waals surface area contributed by atoms with E-state index in [1.165, 1.54) is 19.3 Å². The molecule has 0 amide bonds. The zero-order valence-corrected chi connectivity index (χ0v) is 7.71. The first-order valence-electron chi connectivity index (χ1n) is 4.97. The van der Waals surface area contributed by atoms with Crippen molar-refractivity contribution >= 4 is 0 Å². The Morgan fingerprint density at radius 1 is 1.50 bits per heavy atom. The van der Waals surface area contributed by atoms with Crippen LogP contribution in [0.5, 0.6) is 0 Å². The van der Waals surface area contributed by atoms with Crippen LogP contribution in [0.15, 0.2) is 12.2 Å². The van der Waals surface area contributed by atoms with Crippen molar-refractivity contribution in [3.05, 3.63) is 12.2 Å². The molecule has 2 unspecified atom stereocenters. The molecule has 0 aromatic carbocycles. The van der Waals surface area contributed by atoms with Gasteiger partial charge in [0.15, 0.2) is 0 Å². The van der Waals surface area contributed by atoms with Crippen LogP contribution < -0.4 is 11.5 Å². The van der Waals surface area contributed by atoms with E-state index < -0.39 is 0 Å². The Balaban J connectivity index is 2.25. The van der Waals surface area contributed by atoms with E-state index in [1.807, 2.05) is 0 Å². The van der Waals surface area contributed by atoms with Crippen LogP contribution in [0.3, 0.4) is 0 Å². The van der Waals surface area contributed by atoms with Gasteiger partial charge in [-0.3, -0.25) is 0 Å². The molecule has 2 atom stereocenters. The van der Waals surface area contributed by atoms with Crippen LogP contribution in [-0.4, -0.2) is 12.6 Å². The van der Waals surface area contributed by atoms with Gasteiger partial charge in [-0.05, 0) is 44.6 Å². The standard InChI is InChI=1S/C10H20N2/c11-8-4-7-10(12)9-5-2-1-3-6-9/h2,5,9-10H,1,3-4,6-8,11-12H2. The lowest BCUT2D eigenvalue weighted by Crippen LogP contribution is -2.30. The Morgan fingerprint density at radius 3 is 2.92 bits per heavy atom. The Hall–Kier alpha value is -0.340. The summed E-state index contributed by atoms with van der Waals surface area (Å²) in [5.41, 5.74) is 11.5. The number of hydrogen-bond acceptors (Lipinski definition) is 2. The summed E-state index contributed by atoms with van der Waals surface area (Å²) in [6.07, 6.45) is 10.5. The van der Waals surface area contributed by atoms with Crippen molar-refractivity contribution in [2.45, 2.75) is 38.1 Å². The number of rotatable bonds is 4.